The van der Waals surface area contributed by atoms with Crippen molar-refractivity contribution in [3.8, 4) is 0 Å². The summed E-state index contributed by atoms with van der Waals surface area (Å²) < 4.78 is 51.7. The lowest BCUT2D eigenvalue weighted by molar-refractivity contribution is -0.138. The first-order valence-electron chi connectivity index (χ1n) is 6.23. The zero-order valence-corrected chi connectivity index (χ0v) is 13.2. The molecule has 1 aromatic carbocycles. The molecule has 1 aromatic heterocycles. The Kier molecular flexibility index (Phi) is 4.88. The third-order valence-electron chi connectivity index (χ3n) is 2.89. The summed E-state index contributed by atoms with van der Waals surface area (Å²) in [4.78, 5) is 26.8. The lowest BCUT2D eigenvalue weighted by Crippen LogP contribution is -2.18. The van der Waals surface area contributed by atoms with Crippen molar-refractivity contribution in [1.82, 2.24) is 4.98 Å². The average Bonchev–Trinajstić information content (AvgIpc) is 2.46. The number of anilines is 1. The maximum Gasteiger partial charge on any atom is 0.417 e. The van der Waals surface area contributed by atoms with Crippen LogP contribution in [0.15, 0.2) is 34.9 Å². The molecule has 5 nitrogen and oxygen atoms in total. The van der Waals surface area contributed by atoms with Crippen LogP contribution in [0.2, 0.25) is 0 Å². The van der Waals surface area contributed by atoms with Crippen molar-refractivity contribution in [3.63, 3.8) is 0 Å². The second kappa shape index (κ2) is 6.56. The van der Waals surface area contributed by atoms with E-state index >= 15 is 0 Å². The molecule has 10 heteroatoms. The minimum Gasteiger partial charge on any atom is -0.364 e. The van der Waals surface area contributed by atoms with E-state index in [9.17, 15) is 27.2 Å². The quantitative estimate of drug-likeness (QED) is 0.767. The van der Waals surface area contributed by atoms with Crippen LogP contribution in [0.1, 0.15) is 26.4 Å². The predicted molar refractivity (Wildman–Crippen MR) is 79.8 cm³/mol. The molecule has 0 aliphatic carbocycles. The summed E-state index contributed by atoms with van der Waals surface area (Å²) in [6.45, 7) is 0. The number of nitrogens with two attached hydrogens (primary N) is 1. The van der Waals surface area contributed by atoms with E-state index in [0.29, 0.717) is 12.1 Å². The van der Waals surface area contributed by atoms with Gasteiger partial charge in [0.15, 0.2) is 0 Å². The number of amides is 2. The van der Waals surface area contributed by atoms with Crippen molar-refractivity contribution in [2.45, 2.75) is 6.18 Å². The van der Waals surface area contributed by atoms with Gasteiger partial charge in [0.1, 0.15) is 11.5 Å². The van der Waals surface area contributed by atoms with Crippen molar-refractivity contribution >= 4 is 33.4 Å². The van der Waals surface area contributed by atoms with Gasteiger partial charge in [-0.25, -0.2) is 4.39 Å². The highest BCUT2D eigenvalue weighted by atomic mass is 79.9. The van der Waals surface area contributed by atoms with Crippen LogP contribution in [-0.4, -0.2) is 16.8 Å². The molecule has 0 atom stereocenters. The fourth-order valence-corrected chi connectivity index (χ4v) is 2.54. The number of primary amides is 1. The normalized spacial score (nSPS) is 11.2. The van der Waals surface area contributed by atoms with Gasteiger partial charge in [-0.1, -0.05) is 0 Å². The van der Waals surface area contributed by atoms with Crippen LogP contribution < -0.4 is 11.1 Å². The molecule has 0 aliphatic heterocycles. The first kappa shape index (κ1) is 17.9. The van der Waals surface area contributed by atoms with Gasteiger partial charge in [-0.05, 0) is 40.2 Å². The third-order valence-corrected chi connectivity index (χ3v) is 3.72. The molecule has 0 saturated heterocycles. The van der Waals surface area contributed by atoms with Crippen LogP contribution >= 0.6 is 15.9 Å². The van der Waals surface area contributed by atoms with Gasteiger partial charge in [-0.3, -0.25) is 14.6 Å². The minimum absolute atomic E-state index is 0.0208. The smallest absolute Gasteiger partial charge is 0.364 e. The van der Waals surface area contributed by atoms with Gasteiger partial charge >= 0.3 is 6.18 Å². The highest BCUT2D eigenvalue weighted by molar-refractivity contribution is 9.10. The van der Waals surface area contributed by atoms with Gasteiger partial charge in [0.25, 0.3) is 11.8 Å². The number of pyridine rings is 1. The molecule has 0 spiro atoms. The van der Waals surface area contributed by atoms with Crippen molar-refractivity contribution in [1.29, 1.82) is 0 Å². The number of carbonyl (C=O) groups is 2. The first-order chi connectivity index (χ1) is 11.1. The Balaban J connectivity index is 2.40. The lowest BCUT2D eigenvalue weighted by Gasteiger charge is -2.13. The Hall–Kier alpha value is -2.49. The number of nitrogens with zero attached hydrogens (tertiary/aromatic N) is 1. The zero-order chi connectivity index (χ0) is 18.1. The van der Waals surface area contributed by atoms with E-state index in [1.165, 1.54) is 6.07 Å². The molecule has 0 unspecified atom stereocenters. The summed E-state index contributed by atoms with van der Waals surface area (Å²) in [5.74, 6) is -3.14. The topological polar surface area (TPSA) is 85.1 Å². The Labute approximate surface area is 141 Å². The molecular formula is C14H8BrF4N3O2. The van der Waals surface area contributed by atoms with E-state index in [1.807, 2.05) is 0 Å². The van der Waals surface area contributed by atoms with Crippen LogP contribution in [0, 0.1) is 5.82 Å². The number of rotatable bonds is 3. The fraction of sp³-hybridized carbons (Fsp3) is 0.0714. The average molecular weight is 406 g/mol. The summed E-state index contributed by atoms with van der Waals surface area (Å²) in [5, 5.41) is 2.19. The Morgan fingerprint density at radius 1 is 1.21 bits per heavy atom. The molecule has 24 heavy (non-hydrogen) atoms. The van der Waals surface area contributed by atoms with Gasteiger partial charge in [0.05, 0.1) is 11.1 Å². The number of aromatic nitrogens is 1. The summed E-state index contributed by atoms with van der Waals surface area (Å²) >= 11 is 2.61. The van der Waals surface area contributed by atoms with Gasteiger partial charge < -0.3 is 11.1 Å². The Bertz CT molecular complexity index is 824. The van der Waals surface area contributed by atoms with E-state index in [0.717, 1.165) is 12.3 Å². The van der Waals surface area contributed by atoms with Crippen LogP contribution in [0.25, 0.3) is 0 Å². The van der Waals surface area contributed by atoms with Crippen LogP contribution in [0.3, 0.4) is 0 Å². The van der Waals surface area contributed by atoms with Crippen molar-refractivity contribution in [3.05, 3.63) is 57.6 Å². The van der Waals surface area contributed by atoms with E-state index in [2.05, 4.69) is 26.2 Å². The summed E-state index contributed by atoms with van der Waals surface area (Å²) in [7, 11) is 0. The number of alkyl halides is 3. The molecule has 126 valence electrons. The summed E-state index contributed by atoms with van der Waals surface area (Å²) in [6, 6.07) is 3.45. The Morgan fingerprint density at radius 3 is 2.46 bits per heavy atom. The lowest BCUT2D eigenvalue weighted by atomic mass is 10.1. The number of halogens is 5. The molecule has 2 amide bonds. The molecule has 0 bridgehead atoms. The molecule has 0 fully saturated rings. The van der Waals surface area contributed by atoms with E-state index in [4.69, 9.17) is 5.73 Å². The maximum absolute atomic E-state index is 13.8. The van der Waals surface area contributed by atoms with Crippen molar-refractivity contribution in [2.75, 3.05) is 5.32 Å². The number of hydrogen-bond acceptors (Lipinski definition) is 3. The molecule has 2 rings (SSSR count). The molecule has 3 N–H and O–H groups in total. The summed E-state index contributed by atoms with van der Waals surface area (Å²) in [5.41, 5.74) is 2.87. The van der Waals surface area contributed by atoms with Crippen LogP contribution in [-0.2, 0) is 6.18 Å². The first-order valence-corrected chi connectivity index (χ1v) is 7.03. The number of nitrogens with one attached hydrogen (secondary N) is 1. The van der Waals surface area contributed by atoms with Crippen LogP contribution in [0.4, 0.5) is 23.2 Å². The molecule has 1 heterocycles. The molecule has 0 radical (unpaired) electrons. The molecule has 0 saturated carbocycles. The number of benzene rings is 1. The van der Waals surface area contributed by atoms with E-state index < -0.39 is 39.4 Å². The fourth-order valence-electron chi connectivity index (χ4n) is 1.82. The standard InChI is InChI=1S/C14H8BrF4N3O2/c15-11-7(14(17,18)19)1-2-8(16)10(11)13(24)22-6-3-4-21-9(5-6)12(20)23/h1-5H,(H2,20,23)(H,21,22,24). The maximum atomic E-state index is 13.8. The van der Waals surface area contributed by atoms with Crippen LogP contribution in [0.5, 0.6) is 0 Å². The van der Waals surface area contributed by atoms with Crippen molar-refractivity contribution < 1.29 is 27.2 Å². The molecule has 0 aliphatic rings. The second-order valence-electron chi connectivity index (χ2n) is 4.53. The van der Waals surface area contributed by atoms with Gasteiger partial charge in [0, 0.05) is 16.4 Å². The Morgan fingerprint density at radius 2 is 1.88 bits per heavy atom. The third kappa shape index (κ3) is 3.70. The largest absolute Gasteiger partial charge is 0.417 e. The monoisotopic (exact) mass is 405 g/mol. The van der Waals surface area contributed by atoms with Gasteiger partial charge in [-0.15, -0.1) is 0 Å². The predicted octanol–water partition coefficient (Wildman–Crippen LogP) is 3.35. The number of hydrogen-bond donors (Lipinski definition) is 2. The molecular weight excluding hydrogens is 398 g/mol. The van der Waals surface area contributed by atoms with Crippen molar-refractivity contribution in [2.24, 2.45) is 5.73 Å². The number of carbonyl (C=O) groups excluding carboxylic acids is 2. The summed E-state index contributed by atoms with van der Waals surface area (Å²) in [6.07, 6.45) is -3.61. The SMILES string of the molecule is NC(=O)c1cc(NC(=O)c2c(F)ccc(C(F)(F)F)c2Br)ccn1. The highest BCUT2D eigenvalue weighted by Gasteiger charge is 2.35. The molecule has 2 aromatic rings. The minimum atomic E-state index is -4.77. The zero-order valence-electron chi connectivity index (χ0n) is 11.6. The highest BCUT2D eigenvalue weighted by Crippen LogP contribution is 2.37. The van der Waals surface area contributed by atoms with Gasteiger partial charge in [0.2, 0.25) is 0 Å². The second-order valence-corrected chi connectivity index (χ2v) is 5.32. The van der Waals surface area contributed by atoms with E-state index in [1.54, 1.807) is 0 Å². The van der Waals surface area contributed by atoms with Gasteiger partial charge in [-0.2, -0.15) is 13.2 Å². The van der Waals surface area contributed by atoms with E-state index in [-0.39, 0.29) is 11.4 Å².